The molecule has 0 unspecified atom stereocenters. The van der Waals surface area contributed by atoms with E-state index in [9.17, 15) is 4.79 Å². The molecule has 0 bridgehead atoms. The van der Waals surface area contributed by atoms with Crippen LogP contribution in [-0.4, -0.2) is 30.2 Å². The smallest absolute Gasteiger partial charge is 0.239 e. The van der Waals surface area contributed by atoms with Gasteiger partial charge in [-0.1, -0.05) is 25.2 Å². The molecule has 0 heterocycles. The minimum absolute atomic E-state index is 0.0857. The summed E-state index contributed by atoms with van der Waals surface area (Å²) < 4.78 is 0. The molecule has 0 saturated heterocycles. The van der Waals surface area contributed by atoms with E-state index in [0.717, 1.165) is 21.9 Å². The van der Waals surface area contributed by atoms with Crippen molar-refractivity contribution in [1.29, 1.82) is 0 Å². The van der Waals surface area contributed by atoms with E-state index in [1.54, 1.807) is 18.8 Å². The molecule has 0 radical (unpaired) electrons. The summed E-state index contributed by atoms with van der Waals surface area (Å²) in [5.41, 5.74) is 7.37. The van der Waals surface area contributed by atoms with Crippen molar-refractivity contribution < 1.29 is 4.79 Å². The number of rotatable bonds is 6. The van der Waals surface area contributed by atoms with Crippen molar-refractivity contribution in [1.82, 2.24) is 5.32 Å². The highest BCUT2D eigenvalue weighted by Crippen LogP contribution is 2.28. The van der Waals surface area contributed by atoms with Crippen LogP contribution >= 0.6 is 24.0 Å². The van der Waals surface area contributed by atoms with Crippen LogP contribution in [-0.2, 0) is 4.79 Å². The van der Waals surface area contributed by atoms with Gasteiger partial charge in [0.05, 0.1) is 6.54 Å². The maximum atomic E-state index is 11.2. The molecule has 0 spiro atoms. The molecule has 0 atom stereocenters. The first-order chi connectivity index (χ1) is 8.60. The van der Waals surface area contributed by atoms with E-state index < -0.39 is 0 Å². The molecule has 1 rings (SSSR count). The number of carbonyl (C=O) groups excluding carboxylic acids is 1. The summed E-state index contributed by atoms with van der Waals surface area (Å²) in [7, 11) is 1.60. The number of thiocarbonyl (C=S) groups is 1. The molecule has 1 amide bonds. The Hall–Kier alpha value is -1.27. The van der Waals surface area contributed by atoms with E-state index in [4.69, 9.17) is 18.0 Å². The van der Waals surface area contributed by atoms with Crippen LogP contribution in [0.4, 0.5) is 5.69 Å². The molecule has 18 heavy (non-hydrogen) atoms. The summed E-state index contributed by atoms with van der Waals surface area (Å²) in [4.78, 5) is 12.6. The zero-order chi connectivity index (χ0) is 13.5. The number of anilines is 1. The van der Waals surface area contributed by atoms with Crippen molar-refractivity contribution in [3.8, 4) is 0 Å². The Morgan fingerprint density at radius 1 is 1.50 bits per heavy atom. The van der Waals surface area contributed by atoms with Crippen LogP contribution in [0.25, 0.3) is 0 Å². The Balaban J connectivity index is 2.99. The number of amides is 1. The number of carbonyl (C=O) groups is 1. The Morgan fingerprint density at radius 3 is 2.78 bits per heavy atom. The predicted molar refractivity (Wildman–Crippen MR) is 81.3 cm³/mol. The zero-order valence-electron chi connectivity index (χ0n) is 10.4. The van der Waals surface area contributed by atoms with Gasteiger partial charge in [0.25, 0.3) is 0 Å². The van der Waals surface area contributed by atoms with Crippen molar-refractivity contribution in [3.63, 3.8) is 0 Å². The molecule has 98 valence electrons. The van der Waals surface area contributed by atoms with Crippen molar-refractivity contribution in [2.75, 3.05) is 24.7 Å². The average molecular weight is 283 g/mol. The number of benzene rings is 1. The number of thioether (sulfide) groups is 1. The standard InChI is InChI=1S/C12H17N3OS2/c1-3-18-9-6-4-5-8(11(9)12(13)17)15-7-10(16)14-2/h4-6,15H,3,7H2,1-2H3,(H2,13,17)(H,14,16). The van der Waals surface area contributed by atoms with E-state index in [1.165, 1.54) is 0 Å². The lowest BCUT2D eigenvalue weighted by Gasteiger charge is -2.14. The fraction of sp³-hybridized carbons (Fsp3) is 0.333. The summed E-state index contributed by atoms with van der Waals surface area (Å²) in [5.74, 6) is 0.853. The minimum atomic E-state index is -0.0857. The van der Waals surface area contributed by atoms with Gasteiger partial charge >= 0.3 is 0 Å². The van der Waals surface area contributed by atoms with Crippen molar-refractivity contribution >= 4 is 40.6 Å². The van der Waals surface area contributed by atoms with Crippen LogP contribution < -0.4 is 16.4 Å². The topological polar surface area (TPSA) is 67.2 Å². The predicted octanol–water partition coefficient (Wildman–Crippen LogP) is 1.59. The van der Waals surface area contributed by atoms with Gasteiger partial charge in [-0.15, -0.1) is 11.8 Å². The number of nitrogens with one attached hydrogen (secondary N) is 2. The van der Waals surface area contributed by atoms with E-state index in [1.807, 2.05) is 18.2 Å². The van der Waals surface area contributed by atoms with Crippen LogP contribution in [0, 0.1) is 0 Å². The average Bonchev–Trinajstić information content (AvgIpc) is 2.36. The van der Waals surface area contributed by atoms with E-state index in [0.29, 0.717) is 4.99 Å². The van der Waals surface area contributed by atoms with E-state index in [-0.39, 0.29) is 12.5 Å². The monoisotopic (exact) mass is 283 g/mol. The van der Waals surface area contributed by atoms with Gasteiger partial charge in [-0.25, -0.2) is 0 Å². The van der Waals surface area contributed by atoms with Gasteiger partial charge in [0, 0.05) is 23.2 Å². The Labute approximate surface area is 117 Å². The number of nitrogens with two attached hydrogens (primary N) is 1. The van der Waals surface area contributed by atoms with Gasteiger partial charge < -0.3 is 16.4 Å². The lowest BCUT2D eigenvalue weighted by Crippen LogP contribution is -2.27. The summed E-state index contributed by atoms with van der Waals surface area (Å²) in [6.45, 7) is 2.27. The number of hydrogen-bond acceptors (Lipinski definition) is 4. The second-order valence-corrected chi connectivity index (χ2v) is 5.25. The summed E-state index contributed by atoms with van der Waals surface area (Å²) in [6, 6.07) is 5.77. The van der Waals surface area contributed by atoms with Gasteiger partial charge in [0.15, 0.2) is 0 Å². The maximum absolute atomic E-state index is 11.2. The molecule has 0 aliphatic rings. The molecule has 4 nitrogen and oxygen atoms in total. The van der Waals surface area contributed by atoms with Crippen molar-refractivity contribution in [2.24, 2.45) is 5.73 Å². The molecular weight excluding hydrogens is 266 g/mol. The minimum Gasteiger partial charge on any atom is -0.389 e. The van der Waals surface area contributed by atoms with Crippen molar-refractivity contribution in [2.45, 2.75) is 11.8 Å². The normalized spacial score (nSPS) is 9.89. The molecule has 0 aromatic heterocycles. The van der Waals surface area contributed by atoms with Gasteiger partial charge in [-0.05, 0) is 17.9 Å². The molecule has 4 N–H and O–H groups in total. The summed E-state index contributed by atoms with van der Waals surface area (Å²) >= 11 is 6.76. The van der Waals surface area contributed by atoms with Crippen LogP contribution in [0.1, 0.15) is 12.5 Å². The quantitative estimate of drug-likeness (QED) is 0.546. The lowest BCUT2D eigenvalue weighted by molar-refractivity contribution is -0.118. The molecule has 1 aromatic carbocycles. The molecule has 0 aliphatic carbocycles. The van der Waals surface area contributed by atoms with Crippen LogP contribution in [0.3, 0.4) is 0 Å². The fourth-order valence-corrected chi connectivity index (χ4v) is 2.61. The molecule has 0 aliphatic heterocycles. The molecular formula is C12H17N3OS2. The third-order valence-corrected chi connectivity index (χ3v) is 3.43. The second kappa shape index (κ2) is 7.23. The maximum Gasteiger partial charge on any atom is 0.239 e. The fourth-order valence-electron chi connectivity index (χ4n) is 1.47. The molecule has 0 fully saturated rings. The lowest BCUT2D eigenvalue weighted by atomic mass is 10.1. The number of likely N-dealkylation sites (N-methyl/N-ethyl adjacent to an activating group) is 1. The first-order valence-electron chi connectivity index (χ1n) is 5.60. The zero-order valence-corrected chi connectivity index (χ0v) is 12.1. The highest BCUT2D eigenvalue weighted by molar-refractivity contribution is 7.99. The molecule has 1 aromatic rings. The van der Waals surface area contributed by atoms with Gasteiger partial charge in [0.1, 0.15) is 4.99 Å². The van der Waals surface area contributed by atoms with Gasteiger partial charge in [-0.3, -0.25) is 4.79 Å². The number of hydrogen-bond donors (Lipinski definition) is 3. The highest BCUT2D eigenvalue weighted by Gasteiger charge is 2.11. The van der Waals surface area contributed by atoms with Crippen LogP contribution in [0.5, 0.6) is 0 Å². The third kappa shape index (κ3) is 3.89. The SMILES string of the molecule is CCSc1cccc(NCC(=O)NC)c1C(N)=S. The van der Waals surface area contributed by atoms with E-state index in [2.05, 4.69) is 17.6 Å². The highest BCUT2D eigenvalue weighted by atomic mass is 32.2. The largest absolute Gasteiger partial charge is 0.389 e. The first-order valence-corrected chi connectivity index (χ1v) is 6.99. The van der Waals surface area contributed by atoms with Crippen LogP contribution in [0.15, 0.2) is 23.1 Å². The molecule has 0 saturated carbocycles. The first kappa shape index (κ1) is 14.8. The second-order valence-electron chi connectivity index (χ2n) is 3.50. The summed E-state index contributed by atoms with van der Waals surface area (Å²) in [6.07, 6.45) is 0. The van der Waals surface area contributed by atoms with Gasteiger partial charge in [-0.2, -0.15) is 0 Å². The van der Waals surface area contributed by atoms with Gasteiger partial charge in [0.2, 0.25) is 5.91 Å². The Bertz CT molecular complexity index is 449. The summed E-state index contributed by atoms with van der Waals surface area (Å²) in [5, 5.41) is 5.60. The Morgan fingerprint density at radius 2 is 2.22 bits per heavy atom. The van der Waals surface area contributed by atoms with Crippen LogP contribution in [0.2, 0.25) is 0 Å². The van der Waals surface area contributed by atoms with Crippen molar-refractivity contribution in [3.05, 3.63) is 23.8 Å². The van der Waals surface area contributed by atoms with E-state index >= 15 is 0 Å². The third-order valence-electron chi connectivity index (χ3n) is 2.29. The Kier molecular flexibility index (Phi) is 5.94. The molecule has 6 heteroatoms.